The van der Waals surface area contributed by atoms with Gasteiger partial charge < -0.3 is 19.9 Å². The minimum absolute atomic E-state index is 0.0313. The lowest BCUT2D eigenvalue weighted by Gasteiger charge is -2.18. The Kier molecular flexibility index (Phi) is 7.37. The maximum Gasteiger partial charge on any atom is 0.304 e. The van der Waals surface area contributed by atoms with Crippen molar-refractivity contribution in [1.82, 2.24) is 5.32 Å². The van der Waals surface area contributed by atoms with E-state index in [9.17, 15) is 4.79 Å². The molecule has 5 nitrogen and oxygen atoms in total. The van der Waals surface area contributed by atoms with Gasteiger partial charge in [0.1, 0.15) is 0 Å². The van der Waals surface area contributed by atoms with Gasteiger partial charge in [-0.05, 0) is 6.92 Å². The molecule has 84 valence electrons. The van der Waals surface area contributed by atoms with Crippen LogP contribution in [-0.4, -0.2) is 50.6 Å². The predicted octanol–water partition coefficient (Wildman–Crippen LogP) is 0.101. The van der Waals surface area contributed by atoms with E-state index < -0.39 is 5.97 Å². The van der Waals surface area contributed by atoms with Crippen molar-refractivity contribution in [2.24, 2.45) is 0 Å². The molecule has 0 aromatic carbocycles. The Labute approximate surface area is 84.4 Å². The number of hydrogen-bond acceptors (Lipinski definition) is 4. The van der Waals surface area contributed by atoms with Crippen LogP contribution >= 0.6 is 0 Å². The van der Waals surface area contributed by atoms with E-state index in [1.54, 1.807) is 14.2 Å². The Bertz CT molecular complexity index is 163. The monoisotopic (exact) mass is 205 g/mol. The van der Waals surface area contributed by atoms with Crippen molar-refractivity contribution in [3.8, 4) is 0 Å². The summed E-state index contributed by atoms with van der Waals surface area (Å²) < 4.78 is 10.0. The maximum absolute atomic E-state index is 10.4. The molecule has 0 aliphatic rings. The molecule has 0 heterocycles. The number of ether oxygens (including phenoxy) is 2. The highest BCUT2D eigenvalue weighted by molar-refractivity contribution is 5.67. The van der Waals surface area contributed by atoms with Gasteiger partial charge in [-0.2, -0.15) is 0 Å². The third-order valence-electron chi connectivity index (χ3n) is 1.86. The standard InChI is InChI=1S/C9H19NO4/c1-7(4-9(11)12)10-5-8(14-3)6-13-2/h7-8,10H,4-6H2,1-3H3,(H,11,12). The maximum atomic E-state index is 10.4. The number of hydrogen-bond donors (Lipinski definition) is 2. The van der Waals surface area contributed by atoms with Gasteiger partial charge in [-0.15, -0.1) is 0 Å². The lowest BCUT2D eigenvalue weighted by Crippen LogP contribution is -2.37. The molecule has 0 fully saturated rings. The fraction of sp³-hybridized carbons (Fsp3) is 0.889. The molecule has 0 saturated carbocycles. The van der Waals surface area contributed by atoms with Crippen LogP contribution < -0.4 is 5.32 Å². The van der Waals surface area contributed by atoms with Gasteiger partial charge in [0.15, 0.2) is 0 Å². The first-order chi connectivity index (χ1) is 6.60. The van der Waals surface area contributed by atoms with Crippen LogP contribution in [0.1, 0.15) is 13.3 Å². The van der Waals surface area contributed by atoms with Crippen LogP contribution in [0.5, 0.6) is 0 Å². The van der Waals surface area contributed by atoms with Crippen molar-refractivity contribution >= 4 is 5.97 Å². The van der Waals surface area contributed by atoms with E-state index in [2.05, 4.69) is 5.32 Å². The molecule has 2 atom stereocenters. The van der Waals surface area contributed by atoms with E-state index in [0.29, 0.717) is 13.2 Å². The summed E-state index contributed by atoms with van der Waals surface area (Å²) in [7, 11) is 3.21. The van der Waals surface area contributed by atoms with Crippen molar-refractivity contribution in [2.45, 2.75) is 25.5 Å². The first-order valence-corrected chi connectivity index (χ1v) is 4.57. The molecule has 0 amide bonds. The number of carboxylic acid groups (broad SMARTS) is 1. The summed E-state index contributed by atoms with van der Waals surface area (Å²) in [6.07, 6.45) is 0.0832. The zero-order valence-electron chi connectivity index (χ0n) is 8.95. The van der Waals surface area contributed by atoms with Gasteiger partial charge >= 0.3 is 5.97 Å². The van der Waals surface area contributed by atoms with E-state index in [1.165, 1.54) is 0 Å². The average Bonchev–Trinajstić information content (AvgIpc) is 2.11. The lowest BCUT2D eigenvalue weighted by molar-refractivity contribution is -0.137. The van der Waals surface area contributed by atoms with Gasteiger partial charge in [-0.1, -0.05) is 0 Å². The van der Waals surface area contributed by atoms with Crippen molar-refractivity contribution in [3.05, 3.63) is 0 Å². The Morgan fingerprint density at radius 1 is 1.50 bits per heavy atom. The molecule has 0 aliphatic heterocycles. The Balaban J connectivity index is 3.61. The van der Waals surface area contributed by atoms with Gasteiger partial charge in [-0.3, -0.25) is 4.79 Å². The fourth-order valence-corrected chi connectivity index (χ4v) is 1.06. The SMILES string of the molecule is COCC(CNC(C)CC(=O)O)OC. The predicted molar refractivity (Wildman–Crippen MR) is 52.4 cm³/mol. The largest absolute Gasteiger partial charge is 0.481 e. The first kappa shape index (κ1) is 13.4. The molecule has 14 heavy (non-hydrogen) atoms. The van der Waals surface area contributed by atoms with Gasteiger partial charge in [0, 0.05) is 26.8 Å². The molecule has 2 unspecified atom stereocenters. The van der Waals surface area contributed by atoms with Gasteiger partial charge in [-0.25, -0.2) is 0 Å². The molecular weight excluding hydrogens is 186 g/mol. The Morgan fingerprint density at radius 3 is 2.57 bits per heavy atom. The molecule has 0 aliphatic carbocycles. The number of carboxylic acids is 1. The summed E-state index contributed by atoms with van der Waals surface area (Å²) in [6, 6.07) is -0.0537. The normalized spacial score (nSPS) is 15.1. The van der Waals surface area contributed by atoms with Gasteiger partial charge in [0.25, 0.3) is 0 Å². The van der Waals surface area contributed by atoms with Crippen LogP contribution in [-0.2, 0) is 14.3 Å². The molecule has 0 rings (SSSR count). The molecule has 0 aromatic rings. The Hall–Kier alpha value is -0.650. The smallest absolute Gasteiger partial charge is 0.304 e. The lowest BCUT2D eigenvalue weighted by atomic mass is 10.2. The van der Waals surface area contributed by atoms with Gasteiger partial charge in [0.05, 0.1) is 19.1 Å². The van der Waals surface area contributed by atoms with Gasteiger partial charge in [0.2, 0.25) is 0 Å². The van der Waals surface area contributed by atoms with E-state index in [1.807, 2.05) is 6.92 Å². The fourth-order valence-electron chi connectivity index (χ4n) is 1.06. The van der Waals surface area contributed by atoms with Crippen LogP contribution in [0.4, 0.5) is 0 Å². The zero-order chi connectivity index (χ0) is 11.0. The van der Waals surface area contributed by atoms with Crippen molar-refractivity contribution in [1.29, 1.82) is 0 Å². The number of carbonyl (C=O) groups is 1. The summed E-state index contributed by atoms with van der Waals surface area (Å²) in [6.45, 7) is 2.93. The van der Waals surface area contributed by atoms with Crippen LogP contribution in [0.2, 0.25) is 0 Å². The van der Waals surface area contributed by atoms with E-state index in [-0.39, 0.29) is 18.6 Å². The highest BCUT2D eigenvalue weighted by Crippen LogP contribution is 1.93. The van der Waals surface area contributed by atoms with E-state index in [0.717, 1.165) is 0 Å². The van der Waals surface area contributed by atoms with E-state index >= 15 is 0 Å². The second kappa shape index (κ2) is 7.73. The zero-order valence-corrected chi connectivity index (χ0v) is 8.95. The number of aliphatic carboxylic acids is 1. The molecule has 0 saturated heterocycles. The minimum Gasteiger partial charge on any atom is -0.481 e. The molecular formula is C9H19NO4. The van der Waals surface area contributed by atoms with Crippen LogP contribution in [0.3, 0.4) is 0 Å². The Morgan fingerprint density at radius 2 is 2.14 bits per heavy atom. The summed E-state index contributed by atoms with van der Waals surface area (Å²) in [5, 5.41) is 11.6. The van der Waals surface area contributed by atoms with Crippen LogP contribution in [0.15, 0.2) is 0 Å². The average molecular weight is 205 g/mol. The van der Waals surface area contributed by atoms with Crippen molar-refractivity contribution in [2.75, 3.05) is 27.4 Å². The molecule has 0 spiro atoms. The summed E-state index contributed by atoms with van der Waals surface area (Å²) in [4.78, 5) is 10.4. The third kappa shape index (κ3) is 6.82. The second-order valence-corrected chi connectivity index (χ2v) is 3.22. The van der Waals surface area contributed by atoms with Crippen LogP contribution in [0.25, 0.3) is 0 Å². The number of methoxy groups -OCH3 is 2. The summed E-state index contributed by atoms with van der Waals surface area (Å²) in [5.41, 5.74) is 0. The first-order valence-electron chi connectivity index (χ1n) is 4.57. The summed E-state index contributed by atoms with van der Waals surface area (Å²) in [5.74, 6) is -0.800. The number of nitrogens with one attached hydrogen (secondary N) is 1. The second-order valence-electron chi connectivity index (χ2n) is 3.22. The molecule has 5 heteroatoms. The third-order valence-corrected chi connectivity index (χ3v) is 1.86. The van der Waals surface area contributed by atoms with Crippen molar-refractivity contribution < 1.29 is 19.4 Å². The highest BCUT2D eigenvalue weighted by Gasteiger charge is 2.10. The molecule has 0 aromatic heterocycles. The minimum atomic E-state index is -0.800. The topological polar surface area (TPSA) is 67.8 Å². The van der Waals surface area contributed by atoms with Crippen molar-refractivity contribution in [3.63, 3.8) is 0 Å². The quantitative estimate of drug-likeness (QED) is 0.588. The molecule has 2 N–H and O–H groups in total. The summed E-state index contributed by atoms with van der Waals surface area (Å²) >= 11 is 0. The van der Waals surface area contributed by atoms with E-state index in [4.69, 9.17) is 14.6 Å². The number of rotatable bonds is 8. The van der Waals surface area contributed by atoms with Crippen LogP contribution in [0, 0.1) is 0 Å². The molecule has 0 radical (unpaired) electrons. The molecule has 0 bridgehead atoms. The highest BCUT2D eigenvalue weighted by atomic mass is 16.5.